The number of carbonyl (C=O) groups excluding carboxylic acids is 5. The number of methoxy groups -OCH3 is 1. The SMILES string of the molecule is CC[C@H](C)[C@@H]1NC(=O)[C@H]([C@@H](C)O)NC(=O)CCCN(C(=O)c2n[nH]c3c2CCCC3)CCNC(=O)c2ccc(OC)c(c2)Oc2cc(F)cc(c2)CNC1=O. The highest BCUT2D eigenvalue weighted by Gasteiger charge is 2.32. The number of rotatable bonds is 5. The monoisotopic (exact) mass is 763 g/mol. The van der Waals surface area contributed by atoms with Crippen LogP contribution >= 0.6 is 0 Å². The van der Waals surface area contributed by atoms with Crippen LogP contribution in [0.1, 0.15) is 90.5 Å². The Balaban J connectivity index is 1.45. The number of benzene rings is 2. The molecule has 0 spiro atoms. The second-order valence-electron chi connectivity index (χ2n) is 14.0. The number of aliphatic hydroxyl groups excluding tert-OH is 1. The minimum Gasteiger partial charge on any atom is -0.493 e. The number of amides is 5. The van der Waals surface area contributed by atoms with Gasteiger partial charge < -0.3 is 40.7 Å². The van der Waals surface area contributed by atoms with Crippen molar-refractivity contribution >= 4 is 29.5 Å². The highest BCUT2D eigenvalue weighted by molar-refractivity contribution is 5.96. The van der Waals surface area contributed by atoms with Gasteiger partial charge >= 0.3 is 0 Å². The van der Waals surface area contributed by atoms with Crippen molar-refractivity contribution in [3.8, 4) is 17.2 Å². The first-order chi connectivity index (χ1) is 26.4. The van der Waals surface area contributed by atoms with E-state index < -0.39 is 47.6 Å². The largest absolute Gasteiger partial charge is 0.493 e. The van der Waals surface area contributed by atoms with Crippen LogP contribution in [0.5, 0.6) is 17.2 Å². The third kappa shape index (κ3) is 10.4. The van der Waals surface area contributed by atoms with E-state index in [1.54, 1.807) is 19.1 Å². The Hall–Kier alpha value is -5.51. The zero-order chi connectivity index (χ0) is 39.6. The van der Waals surface area contributed by atoms with Crippen LogP contribution in [-0.2, 0) is 33.8 Å². The van der Waals surface area contributed by atoms with E-state index >= 15 is 0 Å². The summed E-state index contributed by atoms with van der Waals surface area (Å²) in [5.41, 5.74) is 2.67. The molecule has 5 amide bonds. The van der Waals surface area contributed by atoms with E-state index in [9.17, 15) is 33.5 Å². The van der Waals surface area contributed by atoms with Crippen molar-refractivity contribution in [1.82, 2.24) is 36.4 Å². The molecule has 296 valence electrons. The Kier molecular flexibility index (Phi) is 13.8. The summed E-state index contributed by atoms with van der Waals surface area (Å²) in [7, 11) is 1.43. The van der Waals surface area contributed by atoms with Crippen LogP contribution in [0, 0.1) is 11.7 Å². The lowest BCUT2D eigenvalue weighted by molar-refractivity contribution is -0.135. The molecule has 0 fully saturated rings. The molecule has 0 saturated heterocycles. The molecule has 2 heterocycles. The summed E-state index contributed by atoms with van der Waals surface area (Å²) in [6.07, 6.45) is 2.73. The summed E-state index contributed by atoms with van der Waals surface area (Å²) in [4.78, 5) is 68.9. The number of aliphatic hydroxyl groups is 1. The van der Waals surface area contributed by atoms with E-state index in [1.165, 1.54) is 37.1 Å². The molecule has 0 unspecified atom stereocenters. The average molecular weight is 764 g/mol. The van der Waals surface area contributed by atoms with Gasteiger partial charge in [-0.3, -0.25) is 29.1 Å². The average Bonchev–Trinajstić information content (AvgIpc) is 3.60. The van der Waals surface area contributed by atoms with E-state index in [-0.39, 0.29) is 73.7 Å². The van der Waals surface area contributed by atoms with Gasteiger partial charge in [0.15, 0.2) is 17.2 Å². The van der Waals surface area contributed by atoms with Crippen molar-refractivity contribution < 1.29 is 42.9 Å². The fourth-order valence-corrected chi connectivity index (χ4v) is 6.66. The number of aromatic nitrogens is 2. The number of carbonyl (C=O) groups is 5. The van der Waals surface area contributed by atoms with Gasteiger partial charge in [0, 0.05) is 55.5 Å². The highest BCUT2D eigenvalue weighted by Crippen LogP contribution is 2.33. The molecule has 4 atom stereocenters. The molecule has 2 aromatic carbocycles. The summed E-state index contributed by atoms with van der Waals surface area (Å²) in [5, 5.41) is 28.7. The normalized spacial score (nSPS) is 20.3. The van der Waals surface area contributed by atoms with Crippen molar-refractivity contribution in [2.24, 2.45) is 5.92 Å². The van der Waals surface area contributed by atoms with Crippen LogP contribution in [0.3, 0.4) is 0 Å². The van der Waals surface area contributed by atoms with E-state index in [0.29, 0.717) is 24.1 Å². The van der Waals surface area contributed by atoms with Gasteiger partial charge in [-0.2, -0.15) is 5.10 Å². The fraction of sp³-hybridized carbons (Fsp3) is 0.487. The molecular formula is C39H50FN7O8. The van der Waals surface area contributed by atoms with Crippen molar-refractivity contribution in [3.05, 3.63) is 70.3 Å². The predicted molar refractivity (Wildman–Crippen MR) is 199 cm³/mol. The Bertz CT molecular complexity index is 1880. The van der Waals surface area contributed by atoms with Crippen LogP contribution in [0.2, 0.25) is 0 Å². The number of halogens is 1. The van der Waals surface area contributed by atoms with Crippen molar-refractivity contribution in [3.63, 3.8) is 0 Å². The molecule has 16 heteroatoms. The summed E-state index contributed by atoms with van der Waals surface area (Å²) < 4.78 is 26.3. The van der Waals surface area contributed by atoms with Gasteiger partial charge in [0.25, 0.3) is 11.8 Å². The van der Waals surface area contributed by atoms with Gasteiger partial charge in [0.05, 0.1) is 13.2 Å². The van der Waals surface area contributed by atoms with Gasteiger partial charge in [0.1, 0.15) is 23.7 Å². The molecular weight excluding hydrogens is 713 g/mol. The molecule has 1 aromatic heterocycles. The zero-order valence-electron chi connectivity index (χ0n) is 31.6. The van der Waals surface area contributed by atoms with E-state index in [4.69, 9.17) is 9.47 Å². The molecule has 15 nitrogen and oxygen atoms in total. The molecule has 2 aliphatic rings. The van der Waals surface area contributed by atoms with Crippen molar-refractivity contribution in [1.29, 1.82) is 0 Å². The minimum atomic E-state index is -1.38. The van der Waals surface area contributed by atoms with E-state index in [0.717, 1.165) is 36.6 Å². The summed E-state index contributed by atoms with van der Waals surface area (Å²) in [6, 6.07) is 6.01. The number of nitrogens with zero attached hydrogens (tertiary/aromatic N) is 2. The second-order valence-corrected chi connectivity index (χ2v) is 14.0. The fourth-order valence-electron chi connectivity index (χ4n) is 6.66. The van der Waals surface area contributed by atoms with Gasteiger partial charge in [-0.05, 0) is 80.8 Å². The summed E-state index contributed by atoms with van der Waals surface area (Å²) in [6.45, 7) is 5.14. The second kappa shape index (κ2) is 18.7. The maximum absolute atomic E-state index is 14.9. The predicted octanol–water partition coefficient (Wildman–Crippen LogP) is 2.91. The smallest absolute Gasteiger partial charge is 0.274 e. The molecule has 55 heavy (non-hydrogen) atoms. The van der Waals surface area contributed by atoms with Gasteiger partial charge in [-0.1, -0.05) is 20.3 Å². The highest BCUT2D eigenvalue weighted by atomic mass is 19.1. The Labute approximate surface area is 319 Å². The third-order valence-electron chi connectivity index (χ3n) is 9.97. The minimum absolute atomic E-state index is 0.0617. The molecule has 0 saturated carbocycles. The lowest BCUT2D eigenvalue weighted by Gasteiger charge is -2.28. The van der Waals surface area contributed by atoms with E-state index in [2.05, 4.69) is 31.5 Å². The Morgan fingerprint density at radius 1 is 0.982 bits per heavy atom. The maximum atomic E-state index is 14.9. The summed E-state index contributed by atoms with van der Waals surface area (Å²) >= 11 is 0. The number of nitrogens with one attached hydrogen (secondary N) is 5. The van der Waals surface area contributed by atoms with Gasteiger partial charge in [-0.15, -0.1) is 0 Å². The molecule has 6 N–H and O–H groups in total. The van der Waals surface area contributed by atoms with Crippen molar-refractivity contribution in [2.75, 3.05) is 26.7 Å². The number of H-pyrrole nitrogens is 1. The zero-order valence-corrected chi connectivity index (χ0v) is 31.6. The molecule has 4 bridgehead atoms. The topological polar surface area (TPSA) is 204 Å². The number of fused-ring (bicyclic) bond motifs is 5. The lowest BCUT2D eigenvalue weighted by atomic mass is 9.95. The van der Waals surface area contributed by atoms with Crippen LogP contribution < -0.4 is 30.7 Å². The lowest BCUT2D eigenvalue weighted by Crippen LogP contribution is -2.58. The van der Waals surface area contributed by atoms with Crippen LogP contribution in [0.4, 0.5) is 4.39 Å². The number of aromatic amines is 1. The number of aryl methyl sites for hydroxylation is 1. The number of ether oxygens (including phenoxy) is 2. The first kappa shape index (κ1) is 40.7. The van der Waals surface area contributed by atoms with Crippen molar-refractivity contribution in [2.45, 2.75) is 90.4 Å². The molecule has 1 aliphatic carbocycles. The van der Waals surface area contributed by atoms with Crippen LogP contribution in [0.15, 0.2) is 36.4 Å². The van der Waals surface area contributed by atoms with E-state index in [1.807, 2.05) is 6.92 Å². The third-order valence-corrected chi connectivity index (χ3v) is 9.97. The van der Waals surface area contributed by atoms with Crippen LogP contribution in [0.25, 0.3) is 0 Å². The number of hydrogen-bond acceptors (Lipinski definition) is 9. The molecule has 1 aliphatic heterocycles. The van der Waals surface area contributed by atoms with Gasteiger partial charge in [-0.25, -0.2) is 4.39 Å². The molecule has 3 aromatic rings. The first-order valence-electron chi connectivity index (χ1n) is 18.7. The molecule has 5 rings (SSSR count). The Morgan fingerprint density at radius 3 is 2.51 bits per heavy atom. The number of hydrogen-bond donors (Lipinski definition) is 6. The molecule has 0 radical (unpaired) electrons. The Morgan fingerprint density at radius 2 is 1.76 bits per heavy atom. The first-order valence-corrected chi connectivity index (χ1v) is 18.7. The quantitative estimate of drug-likeness (QED) is 0.226. The van der Waals surface area contributed by atoms with Crippen LogP contribution in [-0.4, -0.2) is 94.7 Å². The standard InChI is InChI=1S/C39H50FN7O8/c1-5-22(2)33-37(51)42-21-24-17-26(40)20-27(18-24)55-31-19-25(12-13-30(31)54-4)36(50)41-14-16-47(39(53)35-28-9-6-7-10-29(28)45-46-35)15-8-11-32(49)43-34(23(3)48)38(52)44-33/h12-13,17-20,22-23,33-34,48H,5-11,14-16,21H2,1-4H3,(H,41,50)(H,42,51)(H,43,49)(H,44,52)(H,45,46)/t22-,23+,33-,34-/m0/s1. The maximum Gasteiger partial charge on any atom is 0.274 e. The summed E-state index contributed by atoms with van der Waals surface area (Å²) in [5.74, 6) is -3.17. The van der Waals surface area contributed by atoms with Gasteiger partial charge in [0.2, 0.25) is 17.7 Å².